The van der Waals surface area contributed by atoms with Crippen LogP contribution in [0.2, 0.25) is 0 Å². The van der Waals surface area contributed by atoms with Crippen LogP contribution in [0, 0.1) is 6.92 Å². The van der Waals surface area contributed by atoms with Crippen LogP contribution in [0.5, 0.6) is 5.75 Å². The normalized spacial score (nSPS) is 18.9. The van der Waals surface area contributed by atoms with Crippen molar-refractivity contribution >= 4 is 0 Å². The van der Waals surface area contributed by atoms with Crippen LogP contribution in [-0.4, -0.2) is 23.4 Å². The van der Waals surface area contributed by atoms with Gasteiger partial charge in [0, 0.05) is 12.5 Å². The minimum Gasteiger partial charge on any atom is -0.478 e. The van der Waals surface area contributed by atoms with Crippen LogP contribution in [0.1, 0.15) is 43.5 Å². The highest BCUT2D eigenvalue weighted by molar-refractivity contribution is 5.28. The van der Waals surface area contributed by atoms with Crippen molar-refractivity contribution in [1.82, 2.24) is 10.1 Å². The van der Waals surface area contributed by atoms with Gasteiger partial charge in [0.15, 0.2) is 11.4 Å². The smallest absolute Gasteiger partial charge is 0.270 e. The summed E-state index contributed by atoms with van der Waals surface area (Å²) in [7, 11) is 0. The minimum absolute atomic E-state index is 0.234. The molecule has 112 valence electrons. The first-order valence-corrected chi connectivity index (χ1v) is 7.22. The lowest BCUT2D eigenvalue weighted by Crippen LogP contribution is -2.26. The molecule has 1 aliphatic heterocycles. The average molecular weight is 288 g/mol. The maximum absolute atomic E-state index is 6.02. The van der Waals surface area contributed by atoms with Crippen molar-refractivity contribution in [3.05, 3.63) is 41.5 Å². The van der Waals surface area contributed by atoms with Crippen molar-refractivity contribution in [1.29, 1.82) is 0 Å². The fourth-order valence-electron chi connectivity index (χ4n) is 2.40. The predicted octanol–water partition coefficient (Wildman–Crippen LogP) is 3.20. The van der Waals surface area contributed by atoms with Gasteiger partial charge in [-0.15, -0.1) is 0 Å². The Labute approximate surface area is 124 Å². The highest BCUT2D eigenvalue weighted by Crippen LogP contribution is 2.29. The van der Waals surface area contributed by atoms with Crippen LogP contribution in [-0.2, 0) is 10.3 Å². The molecule has 0 radical (unpaired) electrons. The molecule has 1 fully saturated rings. The Kier molecular flexibility index (Phi) is 3.68. The summed E-state index contributed by atoms with van der Waals surface area (Å²) in [6.07, 6.45) is 0.943. The molecule has 0 saturated carbocycles. The van der Waals surface area contributed by atoms with Gasteiger partial charge >= 0.3 is 0 Å². The second kappa shape index (κ2) is 5.48. The second-order valence-corrected chi connectivity index (χ2v) is 5.95. The third-order valence-corrected chi connectivity index (χ3v) is 3.61. The Morgan fingerprint density at radius 1 is 1.33 bits per heavy atom. The SMILES string of the molecule is Cc1cccc(OC(C)(C)c2nc([C@@H]3CCOC3)no2)c1. The number of hydrogen-bond donors (Lipinski definition) is 0. The monoisotopic (exact) mass is 288 g/mol. The van der Waals surface area contributed by atoms with E-state index in [1.165, 1.54) is 0 Å². The zero-order valence-electron chi connectivity index (χ0n) is 12.6. The van der Waals surface area contributed by atoms with E-state index in [4.69, 9.17) is 14.0 Å². The van der Waals surface area contributed by atoms with Crippen molar-refractivity contribution < 1.29 is 14.0 Å². The lowest BCUT2D eigenvalue weighted by molar-refractivity contribution is 0.0691. The van der Waals surface area contributed by atoms with E-state index in [2.05, 4.69) is 10.1 Å². The Hall–Kier alpha value is -1.88. The summed E-state index contributed by atoms with van der Waals surface area (Å²) in [5.74, 6) is 2.23. The molecule has 5 heteroatoms. The third-order valence-electron chi connectivity index (χ3n) is 3.61. The van der Waals surface area contributed by atoms with Gasteiger partial charge in [-0.25, -0.2) is 0 Å². The summed E-state index contributed by atoms with van der Waals surface area (Å²) >= 11 is 0. The van der Waals surface area contributed by atoms with Crippen LogP contribution in [0.15, 0.2) is 28.8 Å². The molecule has 1 aromatic heterocycles. The van der Waals surface area contributed by atoms with Gasteiger partial charge in [0.1, 0.15) is 5.75 Å². The first-order valence-electron chi connectivity index (χ1n) is 7.22. The Bertz CT molecular complexity index is 615. The number of rotatable bonds is 4. The van der Waals surface area contributed by atoms with Gasteiger partial charge in [-0.1, -0.05) is 17.3 Å². The zero-order chi connectivity index (χ0) is 14.9. The first-order chi connectivity index (χ1) is 10.0. The van der Waals surface area contributed by atoms with E-state index in [0.29, 0.717) is 18.3 Å². The number of nitrogens with zero attached hydrogens (tertiary/aromatic N) is 2. The molecule has 0 aliphatic carbocycles. The molecule has 0 unspecified atom stereocenters. The van der Waals surface area contributed by atoms with Crippen LogP contribution in [0.4, 0.5) is 0 Å². The number of ether oxygens (including phenoxy) is 2. The Balaban J connectivity index is 1.77. The highest BCUT2D eigenvalue weighted by atomic mass is 16.5. The van der Waals surface area contributed by atoms with Crippen LogP contribution < -0.4 is 4.74 Å². The van der Waals surface area contributed by atoms with E-state index < -0.39 is 5.60 Å². The number of hydrogen-bond acceptors (Lipinski definition) is 5. The summed E-state index contributed by atoms with van der Waals surface area (Å²) < 4.78 is 16.8. The highest BCUT2D eigenvalue weighted by Gasteiger charge is 2.32. The standard InChI is InChI=1S/C16H20N2O3/c1-11-5-4-6-13(9-11)20-16(2,3)15-17-14(18-21-15)12-7-8-19-10-12/h4-6,9,12H,7-8,10H2,1-3H3/t12-/m1/s1. The van der Waals surface area contributed by atoms with Gasteiger partial charge in [0.05, 0.1) is 6.61 Å². The molecule has 0 spiro atoms. The topological polar surface area (TPSA) is 57.4 Å². The molecule has 2 heterocycles. The van der Waals surface area contributed by atoms with Crippen molar-refractivity contribution in [3.8, 4) is 5.75 Å². The van der Waals surface area contributed by atoms with Gasteiger partial charge in [-0.3, -0.25) is 0 Å². The summed E-state index contributed by atoms with van der Waals surface area (Å²) in [5.41, 5.74) is 0.482. The van der Waals surface area contributed by atoms with Crippen LogP contribution in [0.3, 0.4) is 0 Å². The second-order valence-electron chi connectivity index (χ2n) is 5.95. The molecule has 1 aromatic carbocycles. The van der Waals surface area contributed by atoms with E-state index >= 15 is 0 Å². The van der Waals surface area contributed by atoms with E-state index in [0.717, 1.165) is 24.3 Å². The largest absolute Gasteiger partial charge is 0.478 e. The summed E-state index contributed by atoms with van der Waals surface area (Å²) in [6.45, 7) is 7.32. The summed E-state index contributed by atoms with van der Waals surface area (Å²) in [6, 6.07) is 7.92. The third kappa shape index (κ3) is 3.08. The van der Waals surface area contributed by atoms with Gasteiger partial charge in [0.2, 0.25) is 0 Å². The predicted molar refractivity (Wildman–Crippen MR) is 77.3 cm³/mol. The quantitative estimate of drug-likeness (QED) is 0.864. The maximum Gasteiger partial charge on any atom is 0.270 e. The molecular weight excluding hydrogens is 268 g/mol. The summed E-state index contributed by atoms with van der Waals surface area (Å²) in [4.78, 5) is 4.50. The van der Waals surface area contributed by atoms with E-state index in [9.17, 15) is 0 Å². The fourth-order valence-corrected chi connectivity index (χ4v) is 2.40. The molecule has 5 nitrogen and oxygen atoms in total. The lowest BCUT2D eigenvalue weighted by atomic mass is 10.1. The first kappa shape index (κ1) is 14.1. The molecule has 2 aromatic rings. The average Bonchev–Trinajstić information content (AvgIpc) is 3.10. The van der Waals surface area contributed by atoms with Gasteiger partial charge in [0.25, 0.3) is 5.89 Å². The molecule has 0 N–H and O–H groups in total. The molecule has 1 atom stereocenters. The molecule has 21 heavy (non-hydrogen) atoms. The number of benzene rings is 1. The van der Waals surface area contributed by atoms with Crippen molar-refractivity contribution in [2.24, 2.45) is 0 Å². The number of aryl methyl sites for hydroxylation is 1. The van der Waals surface area contributed by atoms with Gasteiger partial charge in [-0.2, -0.15) is 4.98 Å². The molecular formula is C16H20N2O3. The molecule has 0 bridgehead atoms. The van der Waals surface area contributed by atoms with Crippen LogP contribution in [0.25, 0.3) is 0 Å². The lowest BCUT2D eigenvalue weighted by Gasteiger charge is -2.22. The van der Waals surface area contributed by atoms with Gasteiger partial charge < -0.3 is 14.0 Å². The van der Waals surface area contributed by atoms with Crippen LogP contribution >= 0.6 is 0 Å². The molecule has 0 amide bonds. The van der Waals surface area contributed by atoms with Crippen molar-refractivity contribution in [2.45, 2.75) is 38.7 Å². The Morgan fingerprint density at radius 2 is 2.19 bits per heavy atom. The molecule has 3 rings (SSSR count). The van der Waals surface area contributed by atoms with Crippen molar-refractivity contribution in [2.75, 3.05) is 13.2 Å². The molecule has 1 aliphatic rings. The summed E-state index contributed by atoms with van der Waals surface area (Å²) in [5, 5.41) is 4.08. The maximum atomic E-state index is 6.02. The zero-order valence-corrected chi connectivity index (χ0v) is 12.6. The fraction of sp³-hybridized carbons (Fsp3) is 0.500. The van der Waals surface area contributed by atoms with Crippen molar-refractivity contribution in [3.63, 3.8) is 0 Å². The van der Waals surface area contributed by atoms with E-state index in [1.54, 1.807) is 0 Å². The van der Waals surface area contributed by atoms with Gasteiger partial charge in [-0.05, 0) is 44.9 Å². The number of aromatic nitrogens is 2. The molecule has 1 saturated heterocycles. The van der Waals surface area contributed by atoms with E-state index in [1.807, 2.05) is 45.0 Å². The Morgan fingerprint density at radius 3 is 2.90 bits per heavy atom. The van der Waals surface area contributed by atoms with E-state index in [-0.39, 0.29) is 5.92 Å². The minimum atomic E-state index is -0.668.